The van der Waals surface area contributed by atoms with E-state index in [-0.39, 0.29) is 12.0 Å². The molecule has 0 radical (unpaired) electrons. The lowest BCUT2D eigenvalue weighted by atomic mass is 9.84. The summed E-state index contributed by atoms with van der Waals surface area (Å²) in [4.78, 5) is 16.7. The normalized spacial score (nSPS) is 24.3. The topological polar surface area (TPSA) is 58.0 Å². The fourth-order valence-corrected chi connectivity index (χ4v) is 3.87. The van der Waals surface area contributed by atoms with Crippen LogP contribution < -0.4 is 15.0 Å². The highest BCUT2D eigenvalue weighted by molar-refractivity contribution is 5.71. The van der Waals surface area contributed by atoms with E-state index >= 15 is 0 Å². The second kappa shape index (κ2) is 7.03. The number of hydrogen-bond donors (Lipinski definition) is 1. The standard InChI is InChI=1S/C20H25N3O3/c1-22(2)16-5-3-4-15(12-16)18-6-7-19(25-18)26-20(24)21-17-13-23-10-8-14(17)9-11-23/h3-7,12,14,17H,8-11,13H2,1-2H3,(H,21,24). The number of carbonyl (C=O) groups is 1. The van der Waals surface area contributed by atoms with Crippen LogP contribution in [0.1, 0.15) is 12.8 Å². The van der Waals surface area contributed by atoms with Crippen molar-refractivity contribution < 1.29 is 13.9 Å². The Hall–Kier alpha value is -2.47. The molecule has 3 saturated heterocycles. The molecular formula is C20H25N3O3. The molecule has 3 aliphatic rings. The van der Waals surface area contributed by atoms with Gasteiger partial charge < -0.3 is 24.3 Å². The molecule has 1 atom stereocenters. The zero-order valence-corrected chi connectivity index (χ0v) is 15.3. The van der Waals surface area contributed by atoms with Gasteiger partial charge in [0, 0.05) is 44.0 Å². The number of anilines is 1. The molecule has 6 heteroatoms. The van der Waals surface area contributed by atoms with Gasteiger partial charge in [-0.2, -0.15) is 0 Å². The zero-order chi connectivity index (χ0) is 18.1. The lowest BCUT2D eigenvalue weighted by Crippen LogP contribution is -2.57. The summed E-state index contributed by atoms with van der Waals surface area (Å²) < 4.78 is 11.1. The average molecular weight is 355 g/mol. The van der Waals surface area contributed by atoms with Gasteiger partial charge in [0.1, 0.15) is 5.76 Å². The van der Waals surface area contributed by atoms with E-state index in [4.69, 9.17) is 9.15 Å². The minimum absolute atomic E-state index is 0.177. The molecule has 1 amide bonds. The number of nitrogens with one attached hydrogen (secondary N) is 1. The lowest BCUT2D eigenvalue weighted by molar-refractivity contribution is 0.0715. The number of nitrogens with zero attached hydrogens (tertiary/aromatic N) is 2. The molecule has 2 bridgehead atoms. The first kappa shape index (κ1) is 17.0. The van der Waals surface area contributed by atoms with Crippen LogP contribution in [0.15, 0.2) is 40.8 Å². The molecule has 0 aliphatic carbocycles. The molecule has 138 valence electrons. The molecule has 26 heavy (non-hydrogen) atoms. The highest BCUT2D eigenvalue weighted by atomic mass is 16.6. The predicted molar refractivity (Wildman–Crippen MR) is 101 cm³/mol. The van der Waals surface area contributed by atoms with Crippen molar-refractivity contribution in [2.45, 2.75) is 18.9 Å². The minimum Gasteiger partial charge on any atom is -0.425 e. The predicted octanol–water partition coefficient (Wildman–Crippen LogP) is 3.20. The quantitative estimate of drug-likeness (QED) is 0.913. The van der Waals surface area contributed by atoms with E-state index in [1.165, 1.54) is 0 Å². The Morgan fingerprint density at radius 1 is 1.23 bits per heavy atom. The van der Waals surface area contributed by atoms with Gasteiger partial charge in [-0.1, -0.05) is 12.1 Å². The SMILES string of the molecule is CN(C)c1cccc(-c2ccc(OC(=O)NC3CN4CCC3CC4)o2)c1. The minimum atomic E-state index is -0.438. The maximum absolute atomic E-state index is 12.2. The highest BCUT2D eigenvalue weighted by Gasteiger charge is 2.35. The van der Waals surface area contributed by atoms with E-state index in [0.717, 1.165) is 43.7 Å². The summed E-state index contributed by atoms with van der Waals surface area (Å²) in [6, 6.07) is 11.7. The van der Waals surface area contributed by atoms with Crippen molar-refractivity contribution in [1.82, 2.24) is 10.2 Å². The Morgan fingerprint density at radius 3 is 2.73 bits per heavy atom. The third-order valence-electron chi connectivity index (χ3n) is 5.38. The van der Waals surface area contributed by atoms with E-state index in [1.807, 2.05) is 49.3 Å². The van der Waals surface area contributed by atoms with E-state index < -0.39 is 6.09 Å². The van der Waals surface area contributed by atoms with Crippen molar-refractivity contribution >= 4 is 11.8 Å². The van der Waals surface area contributed by atoms with Crippen LogP contribution >= 0.6 is 0 Å². The van der Waals surface area contributed by atoms with Crippen LogP contribution in [0.2, 0.25) is 0 Å². The van der Waals surface area contributed by atoms with Gasteiger partial charge in [0.15, 0.2) is 0 Å². The van der Waals surface area contributed by atoms with Crippen LogP contribution in [0, 0.1) is 5.92 Å². The number of carbonyl (C=O) groups excluding carboxylic acids is 1. The summed E-state index contributed by atoms with van der Waals surface area (Å²) in [7, 11) is 3.99. The van der Waals surface area contributed by atoms with Crippen molar-refractivity contribution in [2.75, 3.05) is 38.6 Å². The monoisotopic (exact) mass is 355 g/mol. The van der Waals surface area contributed by atoms with Gasteiger partial charge >= 0.3 is 6.09 Å². The maximum atomic E-state index is 12.2. The van der Waals surface area contributed by atoms with E-state index in [9.17, 15) is 4.79 Å². The molecule has 4 heterocycles. The molecule has 0 spiro atoms. The Kier molecular flexibility index (Phi) is 4.59. The van der Waals surface area contributed by atoms with Crippen molar-refractivity contribution in [3.8, 4) is 17.3 Å². The van der Waals surface area contributed by atoms with Crippen molar-refractivity contribution in [1.29, 1.82) is 0 Å². The van der Waals surface area contributed by atoms with Crippen LogP contribution in [0.3, 0.4) is 0 Å². The van der Waals surface area contributed by atoms with Gasteiger partial charge in [0.25, 0.3) is 5.95 Å². The first-order valence-corrected chi connectivity index (χ1v) is 9.17. The van der Waals surface area contributed by atoms with Crippen LogP contribution in [-0.2, 0) is 0 Å². The van der Waals surface area contributed by atoms with Crippen molar-refractivity contribution in [2.24, 2.45) is 5.92 Å². The second-order valence-electron chi connectivity index (χ2n) is 7.34. The van der Waals surface area contributed by atoms with Crippen LogP contribution in [0.25, 0.3) is 11.3 Å². The fourth-order valence-electron chi connectivity index (χ4n) is 3.87. The molecule has 0 saturated carbocycles. The fraction of sp³-hybridized carbons (Fsp3) is 0.450. The summed E-state index contributed by atoms with van der Waals surface area (Å²) in [6.45, 7) is 3.21. The molecule has 6 nitrogen and oxygen atoms in total. The molecule has 1 aromatic carbocycles. The van der Waals surface area contributed by atoms with E-state index in [2.05, 4.69) is 10.2 Å². The summed E-state index contributed by atoms with van der Waals surface area (Å²) >= 11 is 0. The van der Waals surface area contributed by atoms with Gasteiger partial charge in [-0.15, -0.1) is 0 Å². The Morgan fingerprint density at radius 2 is 2.04 bits per heavy atom. The number of hydrogen-bond acceptors (Lipinski definition) is 5. The van der Waals surface area contributed by atoms with Gasteiger partial charge in [-0.3, -0.25) is 0 Å². The number of furan rings is 1. The Balaban J connectivity index is 1.39. The molecule has 5 rings (SSSR count). The van der Waals surface area contributed by atoms with Crippen LogP contribution in [0.5, 0.6) is 5.95 Å². The summed E-state index contributed by atoms with van der Waals surface area (Å²) in [6.07, 6.45) is 1.86. The van der Waals surface area contributed by atoms with Gasteiger partial charge in [-0.25, -0.2) is 4.79 Å². The van der Waals surface area contributed by atoms with Gasteiger partial charge in [0.2, 0.25) is 0 Å². The molecule has 3 fully saturated rings. The number of fused-ring (bicyclic) bond motifs is 3. The number of rotatable bonds is 4. The molecule has 2 aromatic rings. The highest BCUT2D eigenvalue weighted by Crippen LogP contribution is 2.30. The average Bonchev–Trinajstić information content (AvgIpc) is 3.11. The molecule has 1 N–H and O–H groups in total. The zero-order valence-electron chi connectivity index (χ0n) is 15.3. The third kappa shape index (κ3) is 3.55. The van der Waals surface area contributed by atoms with Crippen LogP contribution in [0.4, 0.5) is 10.5 Å². The number of piperidine rings is 3. The Bertz CT molecular complexity index is 778. The Labute approximate surface area is 153 Å². The molecule has 1 aromatic heterocycles. The van der Waals surface area contributed by atoms with Crippen molar-refractivity contribution in [3.05, 3.63) is 36.4 Å². The summed E-state index contributed by atoms with van der Waals surface area (Å²) in [5.74, 6) is 1.46. The van der Waals surface area contributed by atoms with E-state index in [1.54, 1.807) is 6.07 Å². The molecular weight excluding hydrogens is 330 g/mol. The summed E-state index contributed by atoms with van der Waals surface area (Å²) in [5, 5.41) is 3.00. The van der Waals surface area contributed by atoms with Gasteiger partial charge in [-0.05, 0) is 50.0 Å². The summed E-state index contributed by atoms with van der Waals surface area (Å²) in [5.41, 5.74) is 2.03. The molecule has 3 aliphatic heterocycles. The number of ether oxygens (including phenoxy) is 1. The first-order valence-electron chi connectivity index (χ1n) is 9.17. The smallest absolute Gasteiger partial charge is 0.415 e. The molecule has 1 unspecified atom stereocenters. The first-order chi connectivity index (χ1) is 12.6. The lowest BCUT2D eigenvalue weighted by Gasteiger charge is -2.44. The van der Waals surface area contributed by atoms with Crippen molar-refractivity contribution in [3.63, 3.8) is 0 Å². The third-order valence-corrected chi connectivity index (χ3v) is 5.38. The maximum Gasteiger partial charge on any atom is 0.415 e. The van der Waals surface area contributed by atoms with E-state index in [0.29, 0.717) is 11.7 Å². The van der Waals surface area contributed by atoms with Gasteiger partial charge in [0.05, 0.1) is 0 Å². The second-order valence-corrected chi connectivity index (χ2v) is 7.34. The number of benzene rings is 1. The largest absolute Gasteiger partial charge is 0.425 e. The number of amides is 1. The van der Waals surface area contributed by atoms with Crippen LogP contribution in [-0.4, -0.2) is 50.8 Å².